The molecule has 0 aromatic heterocycles. The third-order valence-electron chi connectivity index (χ3n) is 4.78. The van der Waals surface area contributed by atoms with E-state index in [1.54, 1.807) is 18.2 Å². The zero-order valence-electron chi connectivity index (χ0n) is 15.5. The van der Waals surface area contributed by atoms with Gasteiger partial charge in [0.15, 0.2) is 11.5 Å². The van der Waals surface area contributed by atoms with Gasteiger partial charge in [-0.25, -0.2) is 0 Å². The van der Waals surface area contributed by atoms with E-state index in [2.05, 4.69) is 5.32 Å². The highest BCUT2D eigenvalue weighted by molar-refractivity contribution is 5.94. The number of carbonyl (C=O) groups is 1. The highest BCUT2D eigenvalue weighted by atomic mass is 19.4. The zero-order chi connectivity index (χ0) is 20.1. The minimum Gasteiger partial charge on any atom is -0.493 e. The molecule has 0 aliphatic heterocycles. The lowest BCUT2D eigenvalue weighted by molar-refractivity contribution is -0.138. The molecule has 2 aromatic carbocycles. The maximum atomic E-state index is 13.1. The van der Waals surface area contributed by atoms with Crippen molar-refractivity contribution in [2.75, 3.05) is 7.11 Å². The summed E-state index contributed by atoms with van der Waals surface area (Å²) in [6, 6.07) is 9.95. The molecule has 0 bridgehead atoms. The predicted molar refractivity (Wildman–Crippen MR) is 98.5 cm³/mol. The SMILES string of the molecule is COc1ccc(C(=O)NCc2ccccc2C(F)(F)F)cc1OC1CCCC1. The van der Waals surface area contributed by atoms with E-state index in [4.69, 9.17) is 9.47 Å². The van der Waals surface area contributed by atoms with Gasteiger partial charge in [-0.15, -0.1) is 0 Å². The van der Waals surface area contributed by atoms with Crippen LogP contribution in [0.5, 0.6) is 11.5 Å². The molecule has 0 heterocycles. The van der Waals surface area contributed by atoms with Gasteiger partial charge in [-0.2, -0.15) is 13.2 Å². The maximum Gasteiger partial charge on any atom is 0.416 e. The number of rotatable bonds is 6. The number of nitrogens with one attached hydrogen (secondary N) is 1. The molecule has 1 saturated carbocycles. The van der Waals surface area contributed by atoms with Crippen LogP contribution in [0.1, 0.15) is 47.2 Å². The van der Waals surface area contributed by atoms with Gasteiger partial charge >= 0.3 is 6.18 Å². The summed E-state index contributed by atoms with van der Waals surface area (Å²) in [4.78, 5) is 12.5. The Kier molecular flexibility index (Phi) is 6.11. The van der Waals surface area contributed by atoms with Gasteiger partial charge in [-0.1, -0.05) is 18.2 Å². The van der Waals surface area contributed by atoms with E-state index in [0.29, 0.717) is 17.1 Å². The molecule has 1 aliphatic carbocycles. The Morgan fingerprint density at radius 2 is 1.82 bits per heavy atom. The maximum absolute atomic E-state index is 13.1. The number of ether oxygens (including phenoxy) is 2. The molecular formula is C21H22F3NO3. The summed E-state index contributed by atoms with van der Waals surface area (Å²) in [7, 11) is 1.52. The predicted octanol–water partition coefficient (Wildman–Crippen LogP) is 4.97. The van der Waals surface area contributed by atoms with E-state index >= 15 is 0 Å². The number of methoxy groups -OCH3 is 1. The van der Waals surface area contributed by atoms with Crippen molar-refractivity contribution in [3.05, 3.63) is 59.2 Å². The molecule has 28 heavy (non-hydrogen) atoms. The van der Waals surface area contributed by atoms with Gasteiger partial charge in [0.25, 0.3) is 5.91 Å². The molecule has 0 unspecified atom stereocenters. The van der Waals surface area contributed by atoms with Crippen molar-refractivity contribution in [2.45, 2.75) is 44.5 Å². The van der Waals surface area contributed by atoms with Gasteiger partial charge in [-0.05, 0) is 55.5 Å². The van der Waals surface area contributed by atoms with E-state index in [9.17, 15) is 18.0 Å². The monoisotopic (exact) mass is 393 g/mol. The van der Waals surface area contributed by atoms with Crippen LogP contribution in [0, 0.1) is 0 Å². The van der Waals surface area contributed by atoms with Crippen molar-refractivity contribution in [1.82, 2.24) is 5.32 Å². The first-order valence-electron chi connectivity index (χ1n) is 9.16. The minimum atomic E-state index is -4.47. The van der Waals surface area contributed by atoms with E-state index in [1.807, 2.05) is 0 Å². The van der Waals surface area contributed by atoms with Crippen LogP contribution in [0.4, 0.5) is 13.2 Å². The molecule has 0 atom stereocenters. The fourth-order valence-corrected chi connectivity index (χ4v) is 3.32. The van der Waals surface area contributed by atoms with E-state index in [-0.39, 0.29) is 18.2 Å². The standard InChI is InChI=1S/C21H22F3NO3/c1-27-18-11-10-14(12-19(18)28-16-7-3-4-8-16)20(26)25-13-15-6-2-5-9-17(15)21(22,23)24/h2,5-6,9-12,16H,3-4,7-8,13H2,1H3,(H,25,26). The Labute approximate surface area is 161 Å². The normalized spacial score (nSPS) is 14.7. The summed E-state index contributed by atoms with van der Waals surface area (Å²) in [6.45, 7) is -0.223. The topological polar surface area (TPSA) is 47.6 Å². The molecule has 0 spiro atoms. The smallest absolute Gasteiger partial charge is 0.416 e. The van der Waals surface area contributed by atoms with Crippen LogP contribution in [0.2, 0.25) is 0 Å². The molecule has 7 heteroatoms. The Balaban J connectivity index is 1.72. The summed E-state index contributed by atoms with van der Waals surface area (Å²) >= 11 is 0. The fraction of sp³-hybridized carbons (Fsp3) is 0.381. The number of hydrogen-bond donors (Lipinski definition) is 1. The Hall–Kier alpha value is -2.70. The van der Waals surface area contributed by atoms with E-state index in [1.165, 1.54) is 25.3 Å². The second-order valence-electron chi connectivity index (χ2n) is 6.73. The van der Waals surface area contributed by atoms with Gasteiger partial charge in [0, 0.05) is 12.1 Å². The summed E-state index contributed by atoms with van der Waals surface area (Å²) in [5.41, 5.74) is -0.437. The van der Waals surface area contributed by atoms with Gasteiger partial charge in [0.1, 0.15) is 0 Å². The molecule has 4 nitrogen and oxygen atoms in total. The quantitative estimate of drug-likeness (QED) is 0.754. The molecule has 0 radical (unpaired) electrons. The lowest BCUT2D eigenvalue weighted by Crippen LogP contribution is -2.24. The summed E-state index contributed by atoms with van der Waals surface area (Å²) in [5.74, 6) is 0.513. The second kappa shape index (κ2) is 8.54. The van der Waals surface area contributed by atoms with Crippen LogP contribution in [0.25, 0.3) is 0 Å². The number of halogens is 3. The van der Waals surface area contributed by atoms with Crippen molar-refractivity contribution in [1.29, 1.82) is 0 Å². The summed E-state index contributed by atoms with van der Waals surface area (Å²) < 4.78 is 50.5. The van der Waals surface area contributed by atoms with Crippen molar-refractivity contribution in [3.63, 3.8) is 0 Å². The molecular weight excluding hydrogens is 371 g/mol. The molecule has 1 N–H and O–H groups in total. The number of carbonyl (C=O) groups excluding carboxylic acids is 1. The van der Waals surface area contributed by atoms with Gasteiger partial charge < -0.3 is 14.8 Å². The highest BCUT2D eigenvalue weighted by Gasteiger charge is 2.32. The molecule has 1 fully saturated rings. The van der Waals surface area contributed by atoms with E-state index < -0.39 is 17.6 Å². The van der Waals surface area contributed by atoms with Crippen LogP contribution in [0.3, 0.4) is 0 Å². The third kappa shape index (κ3) is 4.77. The number of hydrogen-bond acceptors (Lipinski definition) is 3. The van der Waals surface area contributed by atoms with E-state index in [0.717, 1.165) is 31.7 Å². The number of alkyl halides is 3. The van der Waals surface area contributed by atoms with Crippen molar-refractivity contribution >= 4 is 5.91 Å². The molecule has 3 rings (SSSR count). The lowest BCUT2D eigenvalue weighted by Gasteiger charge is -2.17. The van der Waals surface area contributed by atoms with Gasteiger partial charge in [0.2, 0.25) is 0 Å². The number of benzene rings is 2. The first-order valence-corrected chi connectivity index (χ1v) is 9.16. The lowest BCUT2D eigenvalue weighted by atomic mass is 10.1. The van der Waals surface area contributed by atoms with Gasteiger partial charge in [0.05, 0.1) is 18.8 Å². The van der Waals surface area contributed by atoms with Gasteiger partial charge in [-0.3, -0.25) is 4.79 Å². The van der Waals surface area contributed by atoms with Crippen LogP contribution in [-0.2, 0) is 12.7 Å². The Bertz CT molecular complexity index is 830. The molecule has 1 amide bonds. The van der Waals surface area contributed by atoms with Crippen LogP contribution < -0.4 is 14.8 Å². The Morgan fingerprint density at radius 1 is 1.11 bits per heavy atom. The Morgan fingerprint density at radius 3 is 2.50 bits per heavy atom. The van der Waals surface area contributed by atoms with Crippen molar-refractivity contribution < 1.29 is 27.4 Å². The highest BCUT2D eigenvalue weighted by Crippen LogP contribution is 2.33. The fourth-order valence-electron chi connectivity index (χ4n) is 3.32. The average molecular weight is 393 g/mol. The van der Waals surface area contributed by atoms with Crippen LogP contribution >= 0.6 is 0 Å². The summed E-state index contributed by atoms with van der Waals surface area (Å²) in [5, 5.41) is 2.55. The number of amides is 1. The van der Waals surface area contributed by atoms with Crippen LogP contribution in [-0.4, -0.2) is 19.1 Å². The second-order valence-corrected chi connectivity index (χ2v) is 6.73. The zero-order valence-corrected chi connectivity index (χ0v) is 15.5. The van der Waals surface area contributed by atoms with Crippen LogP contribution in [0.15, 0.2) is 42.5 Å². The molecule has 2 aromatic rings. The average Bonchev–Trinajstić information content (AvgIpc) is 3.18. The molecule has 1 aliphatic rings. The largest absolute Gasteiger partial charge is 0.493 e. The molecule has 150 valence electrons. The first-order chi connectivity index (χ1) is 13.4. The molecule has 0 saturated heterocycles. The minimum absolute atomic E-state index is 0.0132. The first kappa shape index (κ1) is 20.0. The van der Waals surface area contributed by atoms with Crippen molar-refractivity contribution in [2.24, 2.45) is 0 Å². The summed E-state index contributed by atoms with van der Waals surface area (Å²) in [6.07, 6.45) is -0.269. The van der Waals surface area contributed by atoms with Crippen molar-refractivity contribution in [3.8, 4) is 11.5 Å². The third-order valence-corrected chi connectivity index (χ3v) is 4.78.